The average Bonchev–Trinajstić information content (AvgIpc) is 2.54. The molecule has 1 heterocycles. The minimum absolute atomic E-state index is 0.397. The molecular formula is C18H30N2O. The average molecular weight is 290 g/mol. The van der Waals surface area contributed by atoms with Gasteiger partial charge in [0.2, 0.25) is 0 Å². The fourth-order valence-electron chi connectivity index (χ4n) is 3.07. The van der Waals surface area contributed by atoms with Gasteiger partial charge in [-0.3, -0.25) is 0 Å². The first-order valence-corrected chi connectivity index (χ1v) is 8.40. The molecule has 1 aromatic carbocycles. The lowest BCUT2D eigenvalue weighted by molar-refractivity contribution is 0.0216. The van der Waals surface area contributed by atoms with E-state index in [1.807, 2.05) is 0 Å². The lowest BCUT2D eigenvalue weighted by Gasteiger charge is -2.29. The topological polar surface area (TPSA) is 24.5 Å². The number of rotatable bonds is 7. The monoisotopic (exact) mass is 290 g/mol. The Morgan fingerprint density at radius 1 is 1.24 bits per heavy atom. The first-order valence-electron chi connectivity index (χ1n) is 8.40. The highest BCUT2D eigenvalue weighted by molar-refractivity contribution is 5.47. The van der Waals surface area contributed by atoms with Gasteiger partial charge < -0.3 is 15.0 Å². The van der Waals surface area contributed by atoms with Crippen LogP contribution in [0.3, 0.4) is 0 Å². The van der Waals surface area contributed by atoms with Crippen LogP contribution in [0.1, 0.15) is 51.1 Å². The van der Waals surface area contributed by atoms with E-state index in [4.69, 9.17) is 4.74 Å². The van der Waals surface area contributed by atoms with Crippen molar-refractivity contribution < 1.29 is 4.74 Å². The van der Waals surface area contributed by atoms with Crippen LogP contribution >= 0.6 is 0 Å². The van der Waals surface area contributed by atoms with Crippen LogP contribution in [-0.2, 0) is 4.74 Å². The van der Waals surface area contributed by atoms with Crippen LogP contribution < -0.4 is 10.2 Å². The molecule has 2 atom stereocenters. The van der Waals surface area contributed by atoms with Gasteiger partial charge in [-0.05, 0) is 49.9 Å². The molecule has 0 spiro atoms. The van der Waals surface area contributed by atoms with Gasteiger partial charge in [0.05, 0.1) is 6.10 Å². The van der Waals surface area contributed by atoms with Gasteiger partial charge >= 0.3 is 0 Å². The van der Waals surface area contributed by atoms with Gasteiger partial charge in [-0.1, -0.05) is 26.0 Å². The van der Waals surface area contributed by atoms with Crippen LogP contribution in [0.2, 0.25) is 0 Å². The number of nitrogens with zero attached hydrogens (tertiary/aromatic N) is 1. The summed E-state index contributed by atoms with van der Waals surface area (Å²) in [5, 5.41) is 3.53. The molecule has 0 amide bonds. The maximum atomic E-state index is 5.83. The molecular weight excluding hydrogens is 260 g/mol. The number of ether oxygens (including phenoxy) is 1. The Kier molecular flexibility index (Phi) is 6.52. The standard InChI is InChI=1S/C18H30N2O/c1-4-18(19-5-2)15-9-11-16(12-10-15)20(3)14-17-8-6-7-13-21-17/h9-12,17-19H,4-8,13-14H2,1-3H3. The van der Waals surface area contributed by atoms with Crippen LogP contribution in [0, 0.1) is 0 Å². The number of likely N-dealkylation sites (N-methyl/N-ethyl adjacent to an activating group) is 1. The first-order chi connectivity index (χ1) is 10.2. The summed E-state index contributed by atoms with van der Waals surface area (Å²) >= 11 is 0. The predicted molar refractivity (Wildman–Crippen MR) is 90.0 cm³/mol. The summed E-state index contributed by atoms with van der Waals surface area (Å²) in [6, 6.07) is 9.45. The van der Waals surface area contributed by atoms with E-state index in [-0.39, 0.29) is 0 Å². The molecule has 1 saturated heterocycles. The van der Waals surface area contributed by atoms with Crippen molar-refractivity contribution in [1.29, 1.82) is 0 Å². The molecule has 0 radical (unpaired) electrons. The van der Waals surface area contributed by atoms with Gasteiger partial charge in [0, 0.05) is 31.9 Å². The van der Waals surface area contributed by atoms with Gasteiger partial charge in [0.15, 0.2) is 0 Å². The summed E-state index contributed by atoms with van der Waals surface area (Å²) in [7, 11) is 2.16. The highest BCUT2D eigenvalue weighted by Gasteiger charge is 2.16. The maximum absolute atomic E-state index is 5.83. The number of hydrogen-bond donors (Lipinski definition) is 1. The lowest BCUT2D eigenvalue weighted by atomic mass is 10.0. The Morgan fingerprint density at radius 3 is 2.57 bits per heavy atom. The Morgan fingerprint density at radius 2 is 2.00 bits per heavy atom. The van der Waals surface area contributed by atoms with Crippen LogP contribution in [0.5, 0.6) is 0 Å². The second-order valence-corrected chi connectivity index (χ2v) is 5.98. The number of hydrogen-bond acceptors (Lipinski definition) is 3. The zero-order chi connectivity index (χ0) is 15.1. The second kappa shape index (κ2) is 8.40. The number of nitrogens with one attached hydrogen (secondary N) is 1. The van der Waals surface area contributed by atoms with Crippen molar-refractivity contribution >= 4 is 5.69 Å². The van der Waals surface area contributed by atoms with Crippen LogP contribution in [-0.4, -0.2) is 32.8 Å². The van der Waals surface area contributed by atoms with E-state index in [0.717, 1.165) is 26.1 Å². The van der Waals surface area contributed by atoms with Crippen molar-refractivity contribution in [1.82, 2.24) is 5.32 Å². The fourth-order valence-corrected chi connectivity index (χ4v) is 3.07. The molecule has 3 heteroatoms. The van der Waals surface area contributed by atoms with Gasteiger partial charge in [-0.2, -0.15) is 0 Å². The Labute approximate surface area is 129 Å². The molecule has 1 fully saturated rings. The largest absolute Gasteiger partial charge is 0.376 e. The maximum Gasteiger partial charge on any atom is 0.0749 e. The lowest BCUT2D eigenvalue weighted by Crippen LogP contribution is -2.33. The highest BCUT2D eigenvalue weighted by atomic mass is 16.5. The molecule has 3 nitrogen and oxygen atoms in total. The zero-order valence-corrected chi connectivity index (χ0v) is 13.8. The van der Waals surface area contributed by atoms with Crippen molar-refractivity contribution in [2.75, 3.05) is 31.6 Å². The molecule has 0 aromatic heterocycles. The van der Waals surface area contributed by atoms with E-state index in [1.54, 1.807) is 0 Å². The molecule has 0 aliphatic carbocycles. The minimum Gasteiger partial charge on any atom is -0.376 e. The number of benzene rings is 1. The first kappa shape index (κ1) is 16.3. The third kappa shape index (κ3) is 4.72. The van der Waals surface area contributed by atoms with Gasteiger partial charge in [0.1, 0.15) is 0 Å². The number of anilines is 1. The zero-order valence-electron chi connectivity index (χ0n) is 13.8. The predicted octanol–water partition coefficient (Wildman–Crippen LogP) is 3.75. The van der Waals surface area contributed by atoms with Gasteiger partial charge in [-0.15, -0.1) is 0 Å². The van der Waals surface area contributed by atoms with Crippen LogP contribution in [0.4, 0.5) is 5.69 Å². The summed E-state index contributed by atoms with van der Waals surface area (Å²) in [5.74, 6) is 0. The van der Waals surface area contributed by atoms with E-state index >= 15 is 0 Å². The Bertz CT molecular complexity index is 398. The van der Waals surface area contributed by atoms with Crippen molar-refractivity contribution in [2.45, 2.75) is 51.7 Å². The quantitative estimate of drug-likeness (QED) is 0.827. The molecule has 0 bridgehead atoms. The third-order valence-corrected chi connectivity index (χ3v) is 4.35. The molecule has 1 aliphatic heterocycles. The normalized spacial score (nSPS) is 20.2. The molecule has 1 N–H and O–H groups in total. The highest BCUT2D eigenvalue weighted by Crippen LogP contribution is 2.22. The SMILES string of the molecule is CCNC(CC)c1ccc(N(C)CC2CCCCO2)cc1. The van der Waals surface area contributed by atoms with E-state index in [9.17, 15) is 0 Å². The molecule has 0 saturated carbocycles. The Hall–Kier alpha value is -1.06. The molecule has 1 aliphatic rings. The van der Waals surface area contributed by atoms with E-state index < -0.39 is 0 Å². The molecule has 2 unspecified atom stereocenters. The third-order valence-electron chi connectivity index (χ3n) is 4.35. The van der Waals surface area contributed by atoms with Gasteiger partial charge in [0.25, 0.3) is 0 Å². The minimum atomic E-state index is 0.397. The summed E-state index contributed by atoms with van der Waals surface area (Å²) in [4.78, 5) is 2.31. The van der Waals surface area contributed by atoms with Crippen molar-refractivity contribution in [2.24, 2.45) is 0 Å². The summed E-state index contributed by atoms with van der Waals surface area (Å²) in [6.07, 6.45) is 5.24. The van der Waals surface area contributed by atoms with Crippen LogP contribution in [0.25, 0.3) is 0 Å². The van der Waals surface area contributed by atoms with E-state index in [2.05, 4.69) is 55.4 Å². The summed E-state index contributed by atoms with van der Waals surface area (Å²) in [6.45, 7) is 7.32. The van der Waals surface area contributed by atoms with Crippen molar-refractivity contribution in [3.8, 4) is 0 Å². The summed E-state index contributed by atoms with van der Waals surface area (Å²) in [5.41, 5.74) is 2.66. The fraction of sp³-hybridized carbons (Fsp3) is 0.667. The van der Waals surface area contributed by atoms with E-state index in [1.165, 1.54) is 30.5 Å². The molecule has 2 rings (SSSR count). The van der Waals surface area contributed by atoms with Crippen molar-refractivity contribution in [3.63, 3.8) is 0 Å². The molecule has 118 valence electrons. The van der Waals surface area contributed by atoms with Gasteiger partial charge in [-0.25, -0.2) is 0 Å². The van der Waals surface area contributed by atoms with E-state index in [0.29, 0.717) is 12.1 Å². The molecule has 1 aromatic rings. The Balaban J connectivity index is 1.93. The van der Waals surface area contributed by atoms with Crippen LogP contribution in [0.15, 0.2) is 24.3 Å². The summed E-state index contributed by atoms with van der Waals surface area (Å²) < 4.78 is 5.83. The molecule has 21 heavy (non-hydrogen) atoms. The van der Waals surface area contributed by atoms with Crippen molar-refractivity contribution in [3.05, 3.63) is 29.8 Å². The smallest absolute Gasteiger partial charge is 0.0749 e. The second-order valence-electron chi connectivity index (χ2n) is 5.98.